The Kier molecular flexibility index (Phi) is 6.83. The first-order valence-corrected chi connectivity index (χ1v) is 10.8. The Bertz CT molecular complexity index is 886. The van der Waals surface area contributed by atoms with Crippen LogP contribution in [-0.4, -0.2) is 73.5 Å². The fourth-order valence-corrected chi connectivity index (χ4v) is 4.00. The predicted molar refractivity (Wildman–Crippen MR) is 109 cm³/mol. The zero-order chi connectivity index (χ0) is 21.8. The van der Waals surface area contributed by atoms with E-state index in [1.54, 1.807) is 4.57 Å². The number of ether oxygens (including phenoxy) is 3. The minimum absolute atomic E-state index is 0.240. The molecular weight excluding hydrogens is 406 g/mol. The van der Waals surface area contributed by atoms with Crippen molar-refractivity contribution in [2.24, 2.45) is 0 Å². The molecule has 2 aliphatic rings. The molecule has 0 amide bonds. The molecule has 1 saturated carbocycles. The van der Waals surface area contributed by atoms with Crippen molar-refractivity contribution in [2.75, 3.05) is 18.5 Å². The van der Waals surface area contributed by atoms with E-state index >= 15 is 0 Å². The number of hydrogen-bond acceptors (Lipinski definition) is 10. The second-order valence-electron chi connectivity index (χ2n) is 7.98. The number of aliphatic hydroxyl groups excluding tert-OH is 2. The van der Waals surface area contributed by atoms with Crippen LogP contribution in [-0.2, 0) is 14.2 Å². The van der Waals surface area contributed by atoms with Crippen LogP contribution in [0.2, 0.25) is 0 Å². The molecule has 0 bridgehead atoms. The van der Waals surface area contributed by atoms with E-state index in [4.69, 9.17) is 14.2 Å². The van der Waals surface area contributed by atoms with Crippen LogP contribution >= 0.6 is 0 Å². The summed E-state index contributed by atoms with van der Waals surface area (Å²) in [4.78, 5) is 24.7. The Morgan fingerprint density at radius 1 is 1.23 bits per heavy atom. The van der Waals surface area contributed by atoms with Gasteiger partial charge in [-0.3, -0.25) is 4.57 Å². The Morgan fingerprint density at radius 3 is 2.81 bits per heavy atom. The van der Waals surface area contributed by atoms with Crippen molar-refractivity contribution in [2.45, 2.75) is 76.0 Å². The van der Waals surface area contributed by atoms with Crippen LogP contribution in [0.5, 0.6) is 0 Å². The zero-order valence-corrected chi connectivity index (χ0v) is 17.5. The highest BCUT2D eigenvalue weighted by Gasteiger charge is 2.45. The molecule has 2 aromatic heterocycles. The SMILES string of the molecule is CCCCOC(=O)OC[C@H]1O[C@@H](n2cnc3c(NC4CCCC4)ncnc32)[C@H](O)[C@@H]1O. The molecule has 170 valence electrons. The van der Waals surface area contributed by atoms with Gasteiger partial charge < -0.3 is 29.7 Å². The van der Waals surface area contributed by atoms with Gasteiger partial charge in [-0.05, 0) is 19.3 Å². The van der Waals surface area contributed by atoms with E-state index < -0.39 is 30.7 Å². The van der Waals surface area contributed by atoms with E-state index in [1.165, 1.54) is 25.5 Å². The quantitative estimate of drug-likeness (QED) is 0.415. The molecule has 4 atom stereocenters. The van der Waals surface area contributed by atoms with Crippen LogP contribution in [0, 0.1) is 0 Å². The second kappa shape index (κ2) is 9.75. The third-order valence-corrected chi connectivity index (χ3v) is 5.75. The summed E-state index contributed by atoms with van der Waals surface area (Å²) in [6.07, 6.45) is 3.97. The number of carbonyl (C=O) groups is 1. The molecule has 0 aromatic carbocycles. The highest BCUT2D eigenvalue weighted by molar-refractivity contribution is 5.82. The van der Waals surface area contributed by atoms with Crippen molar-refractivity contribution < 1.29 is 29.2 Å². The lowest BCUT2D eigenvalue weighted by Gasteiger charge is -2.17. The number of aromatic nitrogens is 4. The van der Waals surface area contributed by atoms with Gasteiger partial charge in [0.05, 0.1) is 12.9 Å². The van der Waals surface area contributed by atoms with Crippen LogP contribution in [0.15, 0.2) is 12.7 Å². The van der Waals surface area contributed by atoms with E-state index in [-0.39, 0.29) is 13.2 Å². The molecule has 1 aliphatic carbocycles. The van der Waals surface area contributed by atoms with Gasteiger partial charge in [-0.15, -0.1) is 0 Å². The van der Waals surface area contributed by atoms with Gasteiger partial charge >= 0.3 is 6.16 Å². The zero-order valence-electron chi connectivity index (χ0n) is 17.5. The maximum Gasteiger partial charge on any atom is 0.508 e. The molecule has 11 heteroatoms. The summed E-state index contributed by atoms with van der Waals surface area (Å²) in [6, 6.07) is 0.358. The first-order valence-electron chi connectivity index (χ1n) is 10.8. The lowest BCUT2D eigenvalue weighted by Crippen LogP contribution is -2.34. The van der Waals surface area contributed by atoms with Gasteiger partial charge in [-0.1, -0.05) is 26.2 Å². The molecule has 1 saturated heterocycles. The molecule has 3 N–H and O–H groups in total. The van der Waals surface area contributed by atoms with Gasteiger partial charge in [0.15, 0.2) is 23.2 Å². The van der Waals surface area contributed by atoms with Crippen molar-refractivity contribution in [3.05, 3.63) is 12.7 Å². The van der Waals surface area contributed by atoms with E-state index in [9.17, 15) is 15.0 Å². The van der Waals surface area contributed by atoms with Crippen LogP contribution in [0.4, 0.5) is 10.6 Å². The minimum Gasteiger partial charge on any atom is -0.434 e. The smallest absolute Gasteiger partial charge is 0.434 e. The van der Waals surface area contributed by atoms with Gasteiger partial charge in [0.1, 0.15) is 31.2 Å². The summed E-state index contributed by atoms with van der Waals surface area (Å²) < 4.78 is 17.3. The largest absolute Gasteiger partial charge is 0.508 e. The predicted octanol–water partition coefficient (Wildman–Crippen LogP) is 1.75. The first-order chi connectivity index (χ1) is 15.1. The molecule has 2 aromatic rings. The second-order valence-corrected chi connectivity index (χ2v) is 7.98. The number of nitrogens with one attached hydrogen (secondary N) is 1. The summed E-state index contributed by atoms with van der Waals surface area (Å²) in [5.41, 5.74) is 1.05. The van der Waals surface area contributed by atoms with Gasteiger partial charge in [0.25, 0.3) is 0 Å². The minimum atomic E-state index is -1.25. The number of hydrogen-bond donors (Lipinski definition) is 3. The van der Waals surface area contributed by atoms with Crippen molar-refractivity contribution in [3.63, 3.8) is 0 Å². The average molecular weight is 435 g/mol. The molecule has 31 heavy (non-hydrogen) atoms. The molecule has 3 heterocycles. The number of carbonyl (C=O) groups excluding carboxylic acids is 1. The van der Waals surface area contributed by atoms with Crippen LogP contribution in [0.3, 0.4) is 0 Å². The fraction of sp³-hybridized carbons (Fsp3) is 0.700. The number of unbranched alkanes of at least 4 members (excludes halogenated alkanes) is 1. The number of aliphatic hydroxyl groups is 2. The highest BCUT2D eigenvalue weighted by Crippen LogP contribution is 2.33. The Hall–Kier alpha value is -2.50. The summed E-state index contributed by atoms with van der Waals surface area (Å²) in [6.45, 7) is 2.01. The number of imidazole rings is 1. The Labute approximate surface area is 179 Å². The molecule has 0 unspecified atom stereocenters. The lowest BCUT2D eigenvalue weighted by atomic mass is 10.1. The average Bonchev–Trinajstić information content (AvgIpc) is 3.49. The number of rotatable bonds is 8. The van der Waals surface area contributed by atoms with Gasteiger partial charge in [0.2, 0.25) is 0 Å². The van der Waals surface area contributed by atoms with Crippen LogP contribution < -0.4 is 5.32 Å². The van der Waals surface area contributed by atoms with E-state index in [2.05, 4.69) is 20.3 Å². The van der Waals surface area contributed by atoms with Crippen LogP contribution in [0.25, 0.3) is 11.2 Å². The van der Waals surface area contributed by atoms with Crippen molar-refractivity contribution in [3.8, 4) is 0 Å². The van der Waals surface area contributed by atoms with E-state index in [0.29, 0.717) is 23.0 Å². The van der Waals surface area contributed by atoms with Crippen molar-refractivity contribution in [1.29, 1.82) is 0 Å². The molecular formula is C20H29N5O6. The lowest BCUT2D eigenvalue weighted by molar-refractivity contribution is -0.0612. The van der Waals surface area contributed by atoms with Crippen LogP contribution in [0.1, 0.15) is 51.7 Å². The normalized spacial score (nSPS) is 26.4. The van der Waals surface area contributed by atoms with E-state index in [0.717, 1.165) is 25.7 Å². The van der Waals surface area contributed by atoms with Gasteiger partial charge in [0, 0.05) is 6.04 Å². The first kappa shape index (κ1) is 21.7. The Morgan fingerprint density at radius 2 is 2.03 bits per heavy atom. The molecule has 1 aliphatic heterocycles. The number of fused-ring (bicyclic) bond motifs is 1. The van der Waals surface area contributed by atoms with Crippen molar-refractivity contribution in [1.82, 2.24) is 19.5 Å². The van der Waals surface area contributed by atoms with Crippen molar-refractivity contribution >= 4 is 23.1 Å². The van der Waals surface area contributed by atoms with E-state index in [1.807, 2.05) is 6.92 Å². The third-order valence-electron chi connectivity index (χ3n) is 5.75. The summed E-state index contributed by atoms with van der Waals surface area (Å²) in [7, 11) is 0. The number of nitrogens with zero attached hydrogens (tertiary/aromatic N) is 4. The molecule has 2 fully saturated rings. The summed E-state index contributed by atoms with van der Waals surface area (Å²) in [5.74, 6) is 0.637. The summed E-state index contributed by atoms with van der Waals surface area (Å²) >= 11 is 0. The highest BCUT2D eigenvalue weighted by atomic mass is 16.7. The fourth-order valence-electron chi connectivity index (χ4n) is 4.00. The van der Waals surface area contributed by atoms with Gasteiger partial charge in [-0.2, -0.15) is 0 Å². The molecule has 0 radical (unpaired) electrons. The molecule has 4 rings (SSSR count). The summed E-state index contributed by atoms with van der Waals surface area (Å²) in [5, 5.41) is 24.3. The third kappa shape index (κ3) is 4.73. The topological polar surface area (TPSA) is 141 Å². The maximum absolute atomic E-state index is 11.6. The monoisotopic (exact) mass is 435 g/mol. The van der Waals surface area contributed by atoms with Gasteiger partial charge in [-0.25, -0.2) is 19.7 Å². The molecule has 11 nitrogen and oxygen atoms in total. The maximum atomic E-state index is 11.6. The Balaban J connectivity index is 1.43. The number of anilines is 1. The molecule has 0 spiro atoms. The standard InChI is InChI=1S/C20H29N5O6/c1-2-3-8-29-20(28)30-9-13-15(26)16(27)19(31-13)25-11-23-14-17(21-10-22-18(14)25)24-12-6-4-5-7-12/h10-13,15-16,19,26-27H,2-9H2,1H3,(H,21,22,24)/t13-,15-,16-,19-/m1/s1.